The number of hydrogen-bond donors (Lipinski definition) is 3. The SMILES string of the molecule is CC(=O)N=c1ccc(Nc2cc3nc4ccccc4[n+](-c4ccc(C(F)(F)F)cc4)c3cc2NC2CCC(O)CC2)cn1C. The zero-order valence-corrected chi connectivity index (χ0v) is 24.3. The fourth-order valence-corrected chi connectivity index (χ4v) is 5.70. The van der Waals surface area contributed by atoms with Crippen molar-refractivity contribution in [3.63, 3.8) is 0 Å². The molecule has 5 aromatic rings. The van der Waals surface area contributed by atoms with Crippen LogP contribution in [-0.2, 0) is 18.0 Å². The Bertz CT molecular complexity index is 1930. The zero-order chi connectivity index (χ0) is 31.0. The average molecular weight is 602 g/mol. The Labute approximate surface area is 251 Å². The lowest BCUT2D eigenvalue weighted by Gasteiger charge is -2.28. The van der Waals surface area contributed by atoms with Gasteiger partial charge >= 0.3 is 6.18 Å². The molecule has 44 heavy (non-hydrogen) atoms. The fourth-order valence-electron chi connectivity index (χ4n) is 5.70. The summed E-state index contributed by atoms with van der Waals surface area (Å²) in [5, 5.41) is 17.2. The number of rotatable bonds is 5. The maximum Gasteiger partial charge on any atom is 0.416 e. The molecule has 1 fully saturated rings. The second-order valence-corrected chi connectivity index (χ2v) is 11.2. The Balaban J connectivity index is 1.52. The van der Waals surface area contributed by atoms with E-state index < -0.39 is 11.7 Å². The number of aliphatic hydroxyl groups is 1. The molecule has 1 amide bonds. The first-order chi connectivity index (χ1) is 21.0. The molecule has 2 heterocycles. The highest BCUT2D eigenvalue weighted by Crippen LogP contribution is 2.34. The Morgan fingerprint density at radius 3 is 2.36 bits per heavy atom. The van der Waals surface area contributed by atoms with Crippen LogP contribution in [0.5, 0.6) is 0 Å². The molecule has 1 aliphatic rings. The number of pyridine rings is 1. The minimum atomic E-state index is -4.44. The summed E-state index contributed by atoms with van der Waals surface area (Å²) in [5.41, 5.74) is 5.48. The van der Waals surface area contributed by atoms with E-state index in [0.29, 0.717) is 40.6 Å². The van der Waals surface area contributed by atoms with Crippen molar-refractivity contribution in [2.75, 3.05) is 10.6 Å². The predicted octanol–water partition coefficient (Wildman–Crippen LogP) is 5.93. The Morgan fingerprint density at radius 2 is 1.68 bits per heavy atom. The number of carbonyl (C=O) groups excluding carboxylic acids is 1. The molecule has 0 aliphatic heterocycles. The number of halogens is 3. The van der Waals surface area contributed by atoms with E-state index in [4.69, 9.17) is 4.98 Å². The van der Waals surface area contributed by atoms with Crippen molar-refractivity contribution in [2.24, 2.45) is 12.0 Å². The van der Waals surface area contributed by atoms with Crippen molar-refractivity contribution >= 4 is 45.0 Å². The number of carbonyl (C=O) groups is 1. The lowest BCUT2D eigenvalue weighted by Crippen LogP contribution is -2.34. The van der Waals surface area contributed by atoms with Crippen LogP contribution in [0.3, 0.4) is 0 Å². The van der Waals surface area contributed by atoms with Gasteiger partial charge in [0.2, 0.25) is 22.6 Å². The van der Waals surface area contributed by atoms with Crippen LogP contribution in [0.4, 0.5) is 30.2 Å². The normalized spacial score (nSPS) is 17.6. The van der Waals surface area contributed by atoms with Crippen LogP contribution in [0.1, 0.15) is 38.2 Å². The van der Waals surface area contributed by atoms with Crippen LogP contribution < -0.4 is 20.7 Å². The van der Waals surface area contributed by atoms with Crippen molar-refractivity contribution in [3.05, 3.63) is 90.0 Å². The quantitative estimate of drug-likeness (QED) is 0.172. The average Bonchev–Trinajstić information content (AvgIpc) is 2.98. The first kappa shape index (κ1) is 29.3. The standard InChI is InChI=1S/C33H31F3N6O2/c1-20(43)37-32-16-11-23(19-41(32)2)39-27-17-29-31(18-28(27)38-22-9-14-25(44)15-10-22)42(30-6-4-3-5-26(30)40-29)24-12-7-21(8-13-24)33(34,35)36/h3-8,11-13,16-19,22,25,44H,9-10,14-15H2,1-2H3,(H,39,40)/p+1. The number of para-hydroxylation sites is 2. The van der Waals surface area contributed by atoms with Gasteiger partial charge in [0.1, 0.15) is 16.5 Å². The molecule has 11 heteroatoms. The lowest BCUT2D eigenvalue weighted by molar-refractivity contribution is -0.538. The van der Waals surface area contributed by atoms with Gasteiger partial charge in [0.25, 0.3) is 0 Å². The molecular formula is C33H32F3N6O2+. The molecule has 2 aromatic heterocycles. The highest BCUT2D eigenvalue weighted by atomic mass is 19.4. The van der Waals surface area contributed by atoms with E-state index in [1.807, 2.05) is 53.2 Å². The summed E-state index contributed by atoms with van der Waals surface area (Å²) in [6.45, 7) is 1.40. The van der Waals surface area contributed by atoms with Gasteiger partial charge in [0.05, 0.1) is 28.7 Å². The third kappa shape index (κ3) is 6.14. The summed E-state index contributed by atoms with van der Waals surface area (Å²) < 4.78 is 43.8. The maximum absolute atomic E-state index is 13.4. The van der Waals surface area contributed by atoms with E-state index in [1.165, 1.54) is 19.1 Å². The topological polar surface area (TPSA) is 95.4 Å². The summed E-state index contributed by atoms with van der Waals surface area (Å²) in [4.78, 5) is 20.5. The number of aryl methyl sites for hydroxylation is 1. The van der Waals surface area contributed by atoms with Gasteiger partial charge in [-0.15, -0.1) is 4.57 Å². The number of hydrogen-bond acceptors (Lipinski definition) is 5. The Kier molecular flexibility index (Phi) is 7.81. The van der Waals surface area contributed by atoms with E-state index in [1.54, 1.807) is 17.7 Å². The third-order valence-electron chi connectivity index (χ3n) is 7.89. The molecule has 6 rings (SSSR count). The number of benzene rings is 3. The third-order valence-corrected chi connectivity index (χ3v) is 7.89. The Morgan fingerprint density at radius 1 is 0.955 bits per heavy atom. The van der Waals surface area contributed by atoms with Gasteiger partial charge in [-0.2, -0.15) is 18.2 Å². The zero-order valence-electron chi connectivity index (χ0n) is 24.3. The molecule has 0 unspecified atom stereocenters. The van der Waals surface area contributed by atoms with Crippen LogP contribution in [0.2, 0.25) is 0 Å². The van der Waals surface area contributed by atoms with Crippen molar-refractivity contribution in [3.8, 4) is 5.69 Å². The molecule has 1 aliphatic carbocycles. The second-order valence-electron chi connectivity index (χ2n) is 11.2. The summed E-state index contributed by atoms with van der Waals surface area (Å²) in [6.07, 6.45) is 0.0757. The highest BCUT2D eigenvalue weighted by molar-refractivity contribution is 5.91. The van der Waals surface area contributed by atoms with Crippen molar-refractivity contribution in [1.82, 2.24) is 9.55 Å². The minimum Gasteiger partial charge on any atom is -0.393 e. The van der Waals surface area contributed by atoms with Crippen molar-refractivity contribution in [2.45, 2.75) is 50.9 Å². The van der Waals surface area contributed by atoms with Crippen LogP contribution in [0, 0.1) is 0 Å². The number of nitrogens with zero attached hydrogens (tertiary/aromatic N) is 4. The van der Waals surface area contributed by atoms with Gasteiger partial charge in [0.15, 0.2) is 0 Å². The van der Waals surface area contributed by atoms with Gasteiger partial charge in [-0.3, -0.25) is 4.79 Å². The summed E-state index contributed by atoms with van der Waals surface area (Å²) in [7, 11) is 1.81. The van der Waals surface area contributed by atoms with Gasteiger partial charge < -0.3 is 20.3 Å². The second kappa shape index (κ2) is 11.7. The molecule has 0 spiro atoms. The number of alkyl halides is 3. The van der Waals surface area contributed by atoms with Crippen LogP contribution in [-0.4, -0.2) is 32.7 Å². The lowest BCUT2D eigenvalue weighted by atomic mass is 9.93. The summed E-state index contributed by atoms with van der Waals surface area (Å²) >= 11 is 0. The number of amides is 1. The summed E-state index contributed by atoms with van der Waals surface area (Å²) in [6, 6.07) is 20.3. The van der Waals surface area contributed by atoms with E-state index in [0.717, 1.165) is 47.6 Å². The molecule has 8 nitrogen and oxygen atoms in total. The molecule has 226 valence electrons. The predicted molar refractivity (Wildman–Crippen MR) is 163 cm³/mol. The van der Waals surface area contributed by atoms with Crippen LogP contribution >= 0.6 is 0 Å². The van der Waals surface area contributed by atoms with E-state index in [2.05, 4.69) is 15.6 Å². The number of aliphatic hydroxyl groups excluding tert-OH is 1. The minimum absolute atomic E-state index is 0.122. The fraction of sp³-hybridized carbons (Fsp3) is 0.273. The summed E-state index contributed by atoms with van der Waals surface area (Å²) in [5.74, 6) is -0.292. The van der Waals surface area contributed by atoms with Crippen molar-refractivity contribution in [1.29, 1.82) is 0 Å². The molecular weight excluding hydrogens is 569 g/mol. The van der Waals surface area contributed by atoms with Gasteiger partial charge in [-0.05, 0) is 62.1 Å². The van der Waals surface area contributed by atoms with Crippen LogP contribution in [0.25, 0.3) is 27.8 Å². The maximum atomic E-state index is 13.4. The number of anilines is 3. The van der Waals surface area contributed by atoms with E-state index in [9.17, 15) is 23.1 Å². The molecule has 0 atom stereocenters. The highest BCUT2D eigenvalue weighted by Gasteiger charge is 2.31. The van der Waals surface area contributed by atoms with Gasteiger partial charge in [0, 0.05) is 50.5 Å². The molecule has 0 bridgehead atoms. The number of nitrogens with one attached hydrogen (secondary N) is 2. The van der Waals surface area contributed by atoms with Gasteiger partial charge in [-0.1, -0.05) is 12.1 Å². The molecule has 1 saturated carbocycles. The molecule has 0 radical (unpaired) electrons. The van der Waals surface area contributed by atoms with E-state index in [-0.39, 0.29) is 18.1 Å². The Hall–Kier alpha value is -4.77. The molecule has 0 saturated heterocycles. The first-order valence-corrected chi connectivity index (χ1v) is 14.4. The molecule has 3 aromatic carbocycles. The van der Waals surface area contributed by atoms with Crippen molar-refractivity contribution < 1.29 is 27.6 Å². The number of fused-ring (bicyclic) bond motifs is 2. The first-order valence-electron chi connectivity index (χ1n) is 14.4. The largest absolute Gasteiger partial charge is 0.416 e. The number of aromatic nitrogens is 3. The van der Waals surface area contributed by atoms with Gasteiger partial charge in [-0.25, -0.2) is 4.98 Å². The monoisotopic (exact) mass is 601 g/mol. The van der Waals surface area contributed by atoms with E-state index >= 15 is 0 Å². The molecule has 3 N–H and O–H groups in total. The smallest absolute Gasteiger partial charge is 0.393 e. The van der Waals surface area contributed by atoms with Crippen LogP contribution in [0.15, 0.2) is 84.0 Å².